The van der Waals surface area contributed by atoms with Crippen molar-refractivity contribution < 1.29 is 4.79 Å². The summed E-state index contributed by atoms with van der Waals surface area (Å²) in [5.74, 6) is -0.205. The van der Waals surface area contributed by atoms with Crippen LogP contribution in [0.1, 0.15) is 32.6 Å². The van der Waals surface area contributed by atoms with E-state index in [9.17, 15) is 4.79 Å². The van der Waals surface area contributed by atoms with E-state index in [0.717, 1.165) is 11.1 Å². The van der Waals surface area contributed by atoms with Crippen molar-refractivity contribution in [2.75, 3.05) is 0 Å². The highest BCUT2D eigenvalue weighted by molar-refractivity contribution is 5.94. The van der Waals surface area contributed by atoms with E-state index in [2.05, 4.69) is 36.5 Å². The molecule has 0 aliphatic carbocycles. The summed E-state index contributed by atoms with van der Waals surface area (Å²) in [6.07, 6.45) is 1.68. The number of hydrazone groups is 1. The fraction of sp³-hybridized carbons (Fsp3) is 0.176. The maximum atomic E-state index is 11.8. The van der Waals surface area contributed by atoms with Gasteiger partial charge < -0.3 is 0 Å². The Labute approximate surface area is 119 Å². The van der Waals surface area contributed by atoms with Gasteiger partial charge in [-0.25, -0.2) is 5.43 Å². The summed E-state index contributed by atoms with van der Waals surface area (Å²) < 4.78 is 0. The molecule has 0 spiro atoms. The van der Waals surface area contributed by atoms with Gasteiger partial charge in [0.2, 0.25) is 0 Å². The van der Waals surface area contributed by atoms with Gasteiger partial charge in [0, 0.05) is 5.56 Å². The minimum absolute atomic E-state index is 0.205. The summed E-state index contributed by atoms with van der Waals surface area (Å²) in [5, 5.41) is 4.02. The molecule has 1 N–H and O–H groups in total. The monoisotopic (exact) mass is 266 g/mol. The zero-order valence-corrected chi connectivity index (χ0v) is 12.0. The topological polar surface area (TPSA) is 41.5 Å². The highest BCUT2D eigenvalue weighted by atomic mass is 16.2. The standard InChI is InChI=1S/C17H18N2O/c1-12-9-14(3)16(10-13(12)2)11-18-19-17(20)15-7-5-4-6-8-15/h4-11H,1-3H3,(H,19,20)/b18-11-. The van der Waals surface area contributed by atoms with Gasteiger partial charge in [-0.05, 0) is 61.2 Å². The third-order valence-corrected chi connectivity index (χ3v) is 3.29. The van der Waals surface area contributed by atoms with Crippen molar-refractivity contribution in [3.05, 3.63) is 70.3 Å². The number of nitrogens with zero attached hydrogens (tertiary/aromatic N) is 1. The molecule has 3 heteroatoms. The van der Waals surface area contributed by atoms with Crippen molar-refractivity contribution in [1.29, 1.82) is 0 Å². The summed E-state index contributed by atoms with van der Waals surface area (Å²) in [7, 11) is 0. The van der Waals surface area contributed by atoms with E-state index in [0.29, 0.717) is 5.56 Å². The molecule has 0 unspecified atom stereocenters. The summed E-state index contributed by atoms with van der Waals surface area (Å²) in [6.45, 7) is 6.18. The maximum absolute atomic E-state index is 11.8. The van der Waals surface area contributed by atoms with Crippen LogP contribution in [-0.2, 0) is 0 Å². The lowest BCUT2D eigenvalue weighted by Gasteiger charge is -2.05. The number of carbonyl (C=O) groups is 1. The number of carbonyl (C=O) groups excluding carboxylic acids is 1. The number of rotatable bonds is 3. The molecular weight excluding hydrogens is 248 g/mol. The molecule has 1 amide bonds. The van der Waals surface area contributed by atoms with Gasteiger partial charge in [0.15, 0.2) is 0 Å². The number of aryl methyl sites for hydroxylation is 3. The van der Waals surface area contributed by atoms with E-state index in [1.165, 1.54) is 11.1 Å². The van der Waals surface area contributed by atoms with E-state index in [1.807, 2.05) is 25.1 Å². The largest absolute Gasteiger partial charge is 0.271 e. The van der Waals surface area contributed by atoms with Crippen LogP contribution < -0.4 is 5.43 Å². The number of amides is 1. The minimum Gasteiger partial charge on any atom is -0.267 e. The fourth-order valence-corrected chi connectivity index (χ4v) is 1.94. The molecule has 102 valence electrons. The lowest BCUT2D eigenvalue weighted by Crippen LogP contribution is -2.17. The van der Waals surface area contributed by atoms with Crippen LogP contribution in [0.25, 0.3) is 0 Å². The van der Waals surface area contributed by atoms with Crippen LogP contribution in [0.5, 0.6) is 0 Å². The maximum Gasteiger partial charge on any atom is 0.271 e. The zero-order chi connectivity index (χ0) is 14.5. The van der Waals surface area contributed by atoms with Crippen LogP contribution in [-0.4, -0.2) is 12.1 Å². The first-order chi connectivity index (χ1) is 9.58. The highest BCUT2D eigenvalue weighted by Crippen LogP contribution is 2.13. The molecule has 0 bridgehead atoms. The number of hydrogen-bond acceptors (Lipinski definition) is 2. The average Bonchev–Trinajstić information content (AvgIpc) is 2.45. The Morgan fingerprint density at radius 1 is 1.00 bits per heavy atom. The van der Waals surface area contributed by atoms with Crippen LogP contribution in [0.4, 0.5) is 0 Å². The molecule has 0 fully saturated rings. The van der Waals surface area contributed by atoms with E-state index >= 15 is 0 Å². The summed E-state index contributed by atoms with van der Waals surface area (Å²) in [4.78, 5) is 11.8. The Kier molecular flexibility index (Phi) is 4.31. The molecule has 0 radical (unpaired) electrons. The molecule has 2 rings (SSSR count). The molecule has 2 aromatic carbocycles. The number of nitrogens with one attached hydrogen (secondary N) is 1. The van der Waals surface area contributed by atoms with Gasteiger partial charge in [-0.2, -0.15) is 5.10 Å². The third kappa shape index (κ3) is 3.32. The van der Waals surface area contributed by atoms with Crippen LogP contribution in [0, 0.1) is 20.8 Å². The van der Waals surface area contributed by atoms with Crippen molar-refractivity contribution in [3.8, 4) is 0 Å². The lowest BCUT2D eigenvalue weighted by atomic mass is 10.0. The Bertz CT molecular complexity index is 646. The second kappa shape index (κ2) is 6.15. The van der Waals surface area contributed by atoms with Crippen molar-refractivity contribution in [3.63, 3.8) is 0 Å². The summed E-state index contributed by atoms with van der Waals surface area (Å²) in [6, 6.07) is 13.2. The van der Waals surface area contributed by atoms with Crippen LogP contribution in [0.3, 0.4) is 0 Å². The van der Waals surface area contributed by atoms with Gasteiger partial charge in [0.05, 0.1) is 6.21 Å². The number of hydrogen-bond donors (Lipinski definition) is 1. The highest BCUT2D eigenvalue weighted by Gasteiger charge is 2.02. The van der Waals surface area contributed by atoms with Gasteiger partial charge in [-0.15, -0.1) is 0 Å². The van der Waals surface area contributed by atoms with E-state index in [1.54, 1.807) is 18.3 Å². The smallest absolute Gasteiger partial charge is 0.267 e. The molecule has 3 nitrogen and oxygen atoms in total. The van der Waals surface area contributed by atoms with Gasteiger partial charge in [-0.1, -0.05) is 24.3 Å². The van der Waals surface area contributed by atoms with E-state index in [4.69, 9.17) is 0 Å². The van der Waals surface area contributed by atoms with Crippen LogP contribution in [0.2, 0.25) is 0 Å². The predicted molar refractivity (Wildman–Crippen MR) is 82.2 cm³/mol. The molecule has 0 atom stereocenters. The SMILES string of the molecule is Cc1cc(C)c(/C=N\NC(=O)c2ccccc2)cc1C. The Hall–Kier alpha value is -2.42. The minimum atomic E-state index is -0.205. The van der Waals surface area contributed by atoms with Crippen molar-refractivity contribution in [2.45, 2.75) is 20.8 Å². The average molecular weight is 266 g/mol. The molecule has 2 aromatic rings. The van der Waals surface area contributed by atoms with Gasteiger partial charge in [0.1, 0.15) is 0 Å². The Balaban J connectivity index is 2.08. The second-order valence-corrected chi connectivity index (χ2v) is 4.86. The third-order valence-electron chi connectivity index (χ3n) is 3.29. The molecular formula is C17H18N2O. The van der Waals surface area contributed by atoms with Gasteiger partial charge in [-0.3, -0.25) is 4.79 Å². The van der Waals surface area contributed by atoms with Gasteiger partial charge >= 0.3 is 0 Å². The van der Waals surface area contributed by atoms with E-state index in [-0.39, 0.29) is 5.91 Å². The normalized spacial score (nSPS) is 10.8. The van der Waals surface area contributed by atoms with Gasteiger partial charge in [0.25, 0.3) is 5.91 Å². The number of benzene rings is 2. The molecule has 0 aliphatic rings. The van der Waals surface area contributed by atoms with Crippen LogP contribution >= 0.6 is 0 Å². The zero-order valence-electron chi connectivity index (χ0n) is 12.0. The first-order valence-corrected chi connectivity index (χ1v) is 6.54. The Morgan fingerprint density at radius 3 is 2.35 bits per heavy atom. The van der Waals surface area contributed by atoms with Crippen molar-refractivity contribution in [1.82, 2.24) is 5.43 Å². The predicted octanol–water partition coefficient (Wildman–Crippen LogP) is 3.38. The molecule has 20 heavy (non-hydrogen) atoms. The van der Waals surface area contributed by atoms with E-state index < -0.39 is 0 Å². The summed E-state index contributed by atoms with van der Waals surface area (Å²) in [5.41, 5.74) is 7.77. The quantitative estimate of drug-likeness (QED) is 0.671. The first-order valence-electron chi connectivity index (χ1n) is 6.54. The van der Waals surface area contributed by atoms with Crippen molar-refractivity contribution in [2.24, 2.45) is 5.10 Å². The molecule has 0 aromatic heterocycles. The molecule has 0 heterocycles. The van der Waals surface area contributed by atoms with Crippen molar-refractivity contribution >= 4 is 12.1 Å². The first kappa shape index (κ1) is 14.0. The second-order valence-electron chi connectivity index (χ2n) is 4.86. The lowest BCUT2D eigenvalue weighted by molar-refractivity contribution is 0.0955. The van der Waals surface area contributed by atoms with Crippen LogP contribution in [0.15, 0.2) is 47.6 Å². The fourth-order valence-electron chi connectivity index (χ4n) is 1.94. The molecule has 0 saturated heterocycles. The molecule has 0 saturated carbocycles. The summed E-state index contributed by atoms with van der Waals surface area (Å²) >= 11 is 0. The molecule has 0 aliphatic heterocycles. The Morgan fingerprint density at radius 2 is 1.65 bits per heavy atom.